The Kier molecular flexibility index (Phi) is 47.4. The van der Waals surface area contributed by atoms with E-state index in [-0.39, 0.29) is 25.2 Å². The lowest BCUT2D eigenvalue weighted by molar-refractivity contribution is -0.161. The minimum Gasteiger partial charge on any atom is -0.462 e. The van der Waals surface area contributed by atoms with Crippen molar-refractivity contribution < 1.29 is 24.2 Å². The van der Waals surface area contributed by atoms with Crippen molar-refractivity contribution in [2.24, 2.45) is 0 Å². The van der Waals surface area contributed by atoms with Crippen molar-refractivity contribution in [3.63, 3.8) is 0 Å². The molecule has 0 spiro atoms. The molecule has 0 heterocycles. The maximum Gasteiger partial charge on any atom is 0.306 e. The fraction of sp³-hybridized carbons (Fsp3) is 0.811. The van der Waals surface area contributed by atoms with Crippen molar-refractivity contribution in [3.8, 4) is 0 Å². The largest absolute Gasteiger partial charge is 0.462 e. The highest BCUT2D eigenvalue weighted by molar-refractivity contribution is 5.70. The fourth-order valence-electron chi connectivity index (χ4n) is 7.37. The molecule has 0 bridgehead atoms. The van der Waals surface area contributed by atoms with Gasteiger partial charge in [-0.1, -0.05) is 242 Å². The van der Waals surface area contributed by atoms with Gasteiger partial charge in [-0.2, -0.15) is 0 Å². The van der Waals surface area contributed by atoms with Crippen LogP contribution in [0.3, 0.4) is 0 Å². The van der Waals surface area contributed by atoms with E-state index in [1.807, 2.05) is 0 Å². The van der Waals surface area contributed by atoms with Gasteiger partial charge in [0.25, 0.3) is 0 Å². The van der Waals surface area contributed by atoms with E-state index in [0.29, 0.717) is 12.8 Å². The van der Waals surface area contributed by atoms with Gasteiger partial charge in [0.1, 0.15) is 6.61 Å². The van der Waals surface area contributed by atoms with Crippen molar-refractivity contribution in [2.75, 3.05) is 13.2 Å². The zero-order valence-electron chi connectivity index (χ0n) is 38.6. The topological polar surface area (TPSA) is 72.8 Å². The molecular formula is C53H96O5. The highest BCUT2D eigenvalue weighted by atomic mass is 16.6. The molecule has 0 aliphatic carbocycles. The zero-order valence-corrected chi connectivity index (χ0v) is 38.6. The molecule has 0 saturated carbocycles. The molecule has 58 heavy (non-hydrogen) atoms. The summed E-state index contributed by atoms with van der Waals surface area (Å²) in [5.41, 5.74) is 0. The van der Waals surface area contributed by atoms with Gasteiger partial charge in [0.15, 0.2) is 6.10 Å². The average Bonchev–Trinajstić information content (AvgIpc) is 3.23. The third kappa shape index (κ3) is 46.5. The monoisotopic (exact) mass is 813 g/mol. The average molecular weight is 813 g/mol. The molecule has 338 valence electrons. The summed E-state index contributed by atoms with van der Waals surface area (Å²) in [5, 5.41) is 9.62. The normalized spacial score (nSPS) is 12.5. The van der Waals surface area contributed by atoms with Gasteiger partial charge in [-0.05, 0) is 51.4 Å². The summed E-state index contributed by atoms with van der Waals surface area (Å²) in [6.07, 6.45) is 63.5. The standard InChI is InChI=1S/C53H96O5/c1-3-5-7-9-11-13-15-17-19-21-23-24-25-26-27-28-30-31-33-35-37-39-41-43-45-47-52(55)57-50-51(49-54)58-53(56)48-46-44-42-40-38-36-34-32-29-22-20-18-16-14-12-10-8-6-4-2/h6,8,12,14,18,20,29,32,51,54H,3-5,7,9-11,13,15-17,19,21-28,30-31,33-50H2,1-2H3/b8-6-,14-12-,20-18-,32-29-. The molecule has 5 nitrogen and oxygen atoms in total. The summed E-state index contributed by atoms with van der Waals surface area (Å²) in [7, 11) is 0. The van der Waals surface area contributed by atoms with E-state index >= 15 is 0 Å². The molecule has 0 amide bonds. The van der Waals surface area contributed by atoms with Crippen molar-refractivity contribution in [3.05, 3.63) is 48.6 Å². The molecular weight excluding hydrogens is 717 g/mol. The van der Waals surface area contributed by atoms with Gasteiger partial charge in [0, 0.05) is 12.8 Å². The van der Waals surface area contributed by atoms with Crippen molar-refractivity contribution >= 4 is 11.9 Å². The Morgan fingerprint density at radius 3 is 1.12 bits per heavy atom. The fourth-order valence-corrected chi connectivity index (χ4v) is 7.37. The first-order valence-corrected chi connectivity index (χ1v) is 25.2. The second kappa shape index (κ2) is 49.2. The van der Waals surface area contributed by atoms with Crippen molar-refractivity contribution in [1.29, 1.82) is 0 Å². The van der Waals surface area contributed by atoms with E-state index in [0.717, 1.165) is 70.6 Å². The quantitative estimate of drug-likeness (QED) is 0.0376. The second-order valence-corrected chi connectivity index (χ2v) is 16.9. The predicted octanol–water partition coefficient (Wildman–Crippen LogP) is 16.5. The van der Waals surface area contributed by atoms with E-state index in [9.17, 15) is 14.7 Å². The van der Waals surface area contributed by atoms with Crippen LogP contribution in [-0.2, 0) is 19.1 Å². The number of aliphatic hydroxyl groups is 1. The van der Waals surface area contributed by atoms with Gasteiger partial charge >= 0.3 is 11.9 Å². The molecule has 0 saturated heterocycles. The first-order valence-electron chi connectivity index (χ1n) is 25.2. The van der Waals surface area contributed by atoms with Crippen LogP contribution in [0.15, 0.2) is 48.6 Å². The van der Waals surface area contributed by atoms with E-state index < -0.39 is 6.10 Å². The number of aliphatic hydroxyl groups excluding tert-OH is 1. The number of unbranched alkanes of at least 4 members (excludes halogenated alkanes) is 30. The number of esters is 2. The molecule has 1 unspecified atom stereocenters. The van der Waals surface area contributed by atoms with Crippen LogP contribution in [0, 0.1) is 0 Å². The Hall–Kier alpha value is -2.14. The van der Waals surface area contributed by atoms with E-state index in [4.69, 9.17) is 9.47 Å². The number of allylic oxidation sites excluding steroid dienone is 8. The second-order valence-electron chi connectivity index (χ2n) is 16.9. The summed E-state index contributed by atoms with van der Waals surface area (Å²) in [5.74, 6) is -0.597. The molecule has 1 atom stereocenters. The van der Waals surface area contributed by atoms with Crippen LogP contribution in [0.4, 0.5) is 0 Å². The van der Waals surface area contributed by atoms with Gasteiger partial charge in [-0.25, -0.2) is 0 Å². The number of carbonyl (C=O) groups is 2. The molecule has 0 rings (SSSR count). The van der Waals surface area contributed by atoms with Crippen LogP contribution in [0.5, 0.6) is 0 Å². The Bertz CT molecular complexity index is 966. The lowest BCUT2D eigenvalue weighted by atomic mass is 10.0. The third-order valence-corrected chi connectivity index (χ3v) is 11.1. The Balaban J connectivity index is 3.48. The van der Waals surface area contributed by atoms with Gasteiger partial charge in [-0.15, -0.1) is 0 Å². The Morgan fingerprint density at radius 2 is 0.741 bits per heavy atom. The van der Waals surface area contributed by atoms with Gasteiger partial charge in [0.05, 0.1) is 6.61 Å². The van der Waals surface area contributed by atoms with Crippen molar-refractivity contribution in [1.82, 2.24) is 0 Å². The number of carbonyl (C=O) groups excluding carboxylic acids is 2. The minimum atomic E-state index is -0.779. The lowest BCUT2D eigenvalue weighted by Crippen LogP contribution is -2.28. The first kappa shape index (κ1) is 55.9. The zero-order chi connectivity index (χ0) is 42.1. The van der Waals surface area contributed by atoms with Crippen LogP contribution < -0.4 is 0 Å². The Labute approximate surface area is 360 Å². The third-order valence-electron chi connectivity index (χ3n) is 11.1. The van der Waals surface area contributed by atoms with Gasteiger partial charge in [0.2, 0.25) is 0 Å². The molecule has 0 radical (unpaired) electrons. The van der Waals surface area contributed by atoms with Gasteiger partial charge in [-0.3, -0.25) is 9.59 Å². The Morgan fingerprint density at radius 1 is 0.414 bits per heavy atom. The van der Waals surface area contributed by atoms with Crippen LogP contribution in [0.1, 0.15) is 258 Å². The minimum absolute atomic E-state index is 0.0697. The molecule has 0 aromatic heterocycles. The first-order chi connectivity index (χ1) is 28.6. The summed E-state index contributed by atoms with van der Waals surface area (Å²) in [4.78, 5) is 24.4. The number of hydrogen-bond acceptors (Lipinski definition) is 5. The van der Waals surface area contributed by atoms with Crippen LogP contribution in [-0.4, -0.2) is 36.4 Å². The summed E-state index contributed by atoms with van der Waals surface area (Å²) < 4.78 is 10.7. The summed E-state index contributed by atoms with van der Waals surface area (Å²) >= 11 is 0. The van der Waals surface area contributed by atoms with E-state index in [2.05, 4.69) is 62.5 Å². The van der Waals surface area contributed by atoms with E-state index in [1.165, 1.54) is 161 Å². The number of ether oxygens (including phenoxy) is 2. The SMILES string of the molecule is CC/C=C\C/C=C\C/C=C\C/C=C\CCCCCCCCC(=O)OC(CO)COC(=O)CCCCCCCCCCCCCCCCCCCCCCCCCCC. The molecule has 0 aliphatic heterocycles. The lowest BCUT2D eigenvalue weighted by Gasteiger charge is -2.15. The maximum atomic E-state index is 12.2. The summed E-state index contributed by atoms with van der Waals surface area (Å²) in [6, 6.07) is 0. The highest BCUT2D eigenvalue weighted by Crippen LogP contribution is 2.16. The van der Waals surface area contributed by atoms with Crippen LogP contribution in [0.2, 0.25) is 0 Å². The smallest absolute Gasteiger partial charge is 0.306 e. The van der Waals surface area contributed by atoms with Gasteiger partial charge < -0.3 is 14.6 Å². The van der Waals surface area contributed by atoms with Crippen molar-refractivity contribution in [2.45, 2.75) is 264 Å². The molecule has 0 aromatic carbocycles. The molecule has 0 aromatic rings. The molecule has 0 fully saturated rings. The molecule has 0 aliphatic rings. The van der Waals surface area contributed by atoms with Crippen LogP contribution in [0.25, 0.3) is 0 Å². The number of rotatable bonds is 46. The van der Waals surface area contributed by atoms with Crippen LogP contribution >= 0.6 is 0 Å². The highest BCUT2D eigenvalue weighted by Gasteiger charge is 2.16. The summed E-state index contributed by atoms with van der Waals surface area (Å²) in [6.45, 7) is 4.04. The maximum absolute atomic E-state index is 12.2. The number of hydrogen-bond donors (Lipinski definition) is 1. The molecule has 5 heteroatoms. The van der Waals surface area contributed by atoms with E-state index in [1.54, 1.807) is 0 Å². The molecule has 1 N–H and O–H groups in total. The predicted molar refractivity (Wildman–Crippen MR) is 251 cm³/mol.